The number of pyridine rings is 1. The molecule has 3 aliphatic heterocycles. The predicted molar refractivity (Wildman–Crippen MR) is 163 cm³/mol. The summed E-state index contributed by atoms with van der Waals surface area (Å²) in [6.45, 7) is 11.6. The Labute approximate surface area is 248 Å². The molecule has 3 fully saturated rings. The summed E-state index contributed by atoms with van der Waals surface area (Å²) in [7, 11) is 0. The van der Waals surface area contributed by atoms with Crippen molar-refractivity contribution < 1.29 is 14.0 Å². The van der Waals surface area contributed by atoms with Crippen LogP contribution in [0.4, 0.5) is 4.39 Å². The quantitative estimate of drug-likeness (QED) is 0.385. The van der Waals surface area contributed by atoms with Crippen LogP contribution in [-0.2, 0) is 11.2 Å². The second kappa shape index (κ2) is 12.2. The number of hydrogen-bond donors (Lipinski definition) is 0. The number of halogens is 1. The lowest BCUT2D eigenvalue weighted by Crippen LogP contribution is -2.42. The van der Waals surface area contributed by atoms with Crippen molar-refractivity contribution in [3.05, 3.63) is 59.3 Å². The van der Waals surface area contributed by atoms with Crippen LogP contribution >= 0.6 is 0 Å². The number of likely N-dealkylation sites (tertiary alicyclic amines) is 3. The van der Waals surface area contributed by atoms with Gasteiger partial charge in [-0.2, -0.15) is 0 Å². The topological polar surface area (TPSA) is 61.7 Å². The molecule has 0 bridgehead atoms. The molecule has 2 aromatic heterocycles. The van der Waals surface area contributed by atoms with Crippen molar-refractivity contribution in [3.63, 3.8) is 0 Å². The number of fused-ring (bicyclic) bond motifs is 1. The molecule has 1 unspecified atom stereocenters. The lowest BCUT2D eigenvalue weighted by molar-refractivity contribution is -0.130. The van der Waals surface area contributed by atoms with Gasteiger partial charge in [0.05, 0.1) is 23.0 Å². The number of hydrogen-bond acceptors (Lipinski definition) is 4. The standard InChI is InChI=1S/C34H44FN5O2/c1-23-18-36-19-32-33(23)28(16-27-9-13-37(21-27)20-26-10-14-38(15-11-26)25(3)41)22-40(32)31-8-7-29(35)17-30(31)34(42)39-12-5-4-6-24(39)2/h7-8,17-19,22,24,26-27H,4-6,9-16,20-21H2,1-3H3/t24?,27-/m0/s1. The van der Waals surface area contributed by atoms with Gasteiger partial charge in [-0.15, -0.1) is 0 Å². The van der Waals surface area contributed by atoms with Crippen molar-refractivity contribution in [3.8, 4) is 5.69 Å². The Kier molecular flexibility index (Phi) is 8.35. The van der Waals surface area contributed by atoms with Crippen LogP contribution in [0.15, 0.2) is 36.8 Å². The van der Waals surface area contributed by atoms with E-state index in [1.165, 1.54) is 23.1 Å². The summed E-state index contributed by atoms with van der Waals surface area (Å²) < 4.78 is 16.7. The van der Waals surface area contributed by atoms with Crippen LogP contribution in [0.2, 0.25) is 0 Å². The minimum Gasteiger partial charge on any atom is -0.343 e. The van der Waals surface area contributed by atoms with Crippen molar-refractivity contribution >= 4 is 22.7 Å². The molecule has 0 N–H and O–H groups in total. The number of benzene rings is 1. The van der Waals surface area contributed by atoms with Crippen molar-refractivity contribution in [1.29, 1.82) is 0 Å². The molecule has 3 aromatic rings. The van der Waals surface area contributed by atoms with Gasteiger partial charge < -0.3 is 19.3 Å². The van der Waals surface area contributed by atoms with E-state index in [1.54, 1.807) is 13.0 Å². The van der Waals surface area contributed by atoms with Crippen molar-refractivity contribution in [2.24, 2.45) is 11.8 Å². The molecule has 1 aromatic carbocycles. The summed E-state index contributed by atoms with van der Waals surface area (Å²) in [5.74, 6) is 0.915. The lowest BCUT2D eigenvalue weighted by Gasteiger charge is -2.34. The van der Waals surface area contributed by atoms with Gasteiger partial charge in [0.15, 0.2) is 0 Å². The van der Waals surface area contributed by atoms with Gasteiger partial charge >= 0.3 is 0 Å². The van der Waals surface area contributed by atoms with Crippen LogP contribution in [0.25, 0.3) is 16.6 Å². The van der Waals surface area contributed by atoms with Crippen LogP contribution in [-0.4, -0.2) is 81.4 Å². The third kappa shape index (κ3) is 5.83. The maximum Gasteiger partial charge on any atom is 0.256 e. The van der Waals surface area contributed by atoms with E-state index in [2.05, 4.69) is 34.5 Å². The summed E-state index contributed by atoms with van der Waals surface area (Å²) in [6, 6.07) is 4.76. The Morgan fingerprint density at radius 3 is 2.55 bits per heavy atom. The number of rotatable bonds is 6. The number of carbonyl (C=O) groups is 2. The Morgan fingerprint density at radius 1 is 1.00 bits per heavy atom. The van der Waals surface area contributed by atoms with Crippen LogP contribution in [0, 0.1) is 24.6 Å². The van der Waals surface area contributed by atoms with E-state index in [4.69, 9.17) is 0 Å². The normalized spacial score (nSPS) is 22.3. The van der Waals surface area contributed by atoms with Gasteiger partial charge in [0.2, 0.25) is 5.91 Å². The molecule has 6 rings (SSSR count). The maximum absolute atomic E-state index is 14.6. The first-order valence-electron chi connectivity index (χ1n) is 15.8. The molecule has 224 valence electrons. The number of piperidine rings is 2. The predicted octanol–water partition coefficient (Wildman–Crippen LogP) is 5.61. The molecule has 7 nitrogen and oxygen atoms in total. The van der Waals surface area contributed by atoms with E-state index in [1.807, 2.05) is 22.2 Å². The van der Waals surface area contributed by atoms with Crippen LogP contribution < -0.4 is 0 Å². The number of aryl methyl sites for hydroxylation is 1. The van der Waals surface area contributed by atoms with Gasteiger partial charge in [-0.25, -0.2) is 4.39 Å². The lowest BCUT2D eigenvalue weighted by atomic mass is 9.96. The molecule has 0 saturated carbocycles. The zero-order chi connectivity index (χ0) is 29.4. The highest BCUT2D eigenvalue weighted by molar-refractivity contribution is 5.99. The van der Waals surface area contributed by atoms with Gasteiger partial charge in [-0.3, -0.25) is 14.6 Å². The molecular weight excluding hydrogens is 529 g/mol. The molecular formula is C34H44FN5O2. The van der Waals surface area contributed by atoms with Gasteiger partial charge in [0, 0.05) is 63.5 Å². The first-order valence-corrected chi connectivity index (χ1v) is 15.8. The summed E-state index contributed by atoms with van der Waals surface area (Å²) >= 11 is 0. The van der Waals surface area contributed by atoms with Crippen LogP contribution in [0.5, 0.6) is 0 Å². The maximum atomic E-state index is 14.6. The SMILES string of the molecule is CC(=O)N1CCC(CN2CC[C@@H](Cc3cn(-c4ccc(F)cc4C(=O)N4CCCCC4C)c4cncc(C)c34)C2)CC1. The average molecular weight is 574 g/mol. The zero-order valence-electron chi connectivity index (χ0n) is 25.3. The number of amides is 2. The molecule has 42 heavy (non-hydrogen) atoms. The summed E-state index contributed by atoms with van der Waals surface area (Å²) in [4.78, 5) is 36.5. The molecule has 2 atom stereocenters. The molecule has 0 spiro atoms. The first-order chi connectivity index (χ1) is 20.3. The zero-order valence-corrected chi connectivity index (χ0v) is 25.3. The summed E-state index contributed by atoms with van der Waals surface area (Å²) in [6.07, 6.45) is 13.3. The Hall–Kier alpha value is -3.26. The van der Waals surface area contributed by atoms with E-state index >= 15 is 0 Å². The average Bonchev–Trinajstić information content (AvgIpc) is 3.58. The van der Waals surface area contributed by atoms with Crippen molar-refractivity contribution in [2.75, 3.05) is 39.3 Å². The number of nitrogens with zero attached hydrogens (tertiary/aromatic N) is 5. The van der Waals surface area contributed by atoms with E-state index < -0.39 is 5.82 Å². The molecule has 3 aliphatic rings. The van der Waals surface area contributed by atoms with Crippen molar-refractivity contribution in [1.82, 2.24) is 24.3 Å². The largest absolute Gasteiger partial charge is 0.343 e. The van der Waals surface area contributed by atoms with E-state index in [9.17, 15) is 14.0 Å². The fraction of sp³-hybridized carbons (Fsp3) is 0.559. The van der Waals surface area contributed by atoms with E-state index in [-0.39, 0.29) is 17.9 Å². The van der Waals surface area contributed by atoms with Gasteiger partial charge in [0.1, 0.15) is 5.82 Å². The minimum absolute atomic E-state index is 0.0960. The van der Waals surface area contributed by atoms with E-state index in [0.29, 0.717) is 29.6 Å². The third-order valence-corrected chi connectivity index (χ3v) is 9.95. The van der Waals surface area contributed by atoms with Crippen molar-refractivity contribution in [2.45, 2.75) is 71.8 Å². The highest BCUT2D eigenvalue weighted by Crippen LogP contribution is 2.33. The number of aromatic nitrogens is 2. The fourth-order valence-electron chi connectivity index (χ4n) is 7.59. The summed E-state index contributed by atoms with van der Waals surface area (Å²) in [5, 5.41) is 1.19. The molecule has 8 heteroatoms. The third-order valence-electron chi connectivity index (χ3n) is 9.95. The van der Waals surface area contributed by atoms with Crippen LogP contribution in [0.1, 0.15) is 73.9 Å². The van der Waals surface area contributed by atoms with Crippen LogP contribution in [0.3, 0.4) is 0 Å². The Balaban J connectivity index is 1.24. The smallest absolute Gasteiger partial charge is 0.256 e. The summed E-state index contributed by atoms with van der Waals surface area (Å²) in [5.41, 5.74) is 4.47. The minimum atomic E-state index is -0.393. The Bertz CT molecular complexity index is 1460. The van der Waals surface area contributed by atoms with E-state index in [0.717, 1.165) is 88.7 Å². The fourth-order valence-corrected chi connectivity index (χ4v) is 7.59. The monoisotopic (exact) mass is 573 g/mol. The van der Waals surface area contributed by atoms with Gasteiger partial charge in [-0.05, 0) is 106 Å². The molecule has 3 saturated heterocycles. The first kappa shape index (κ1) is 28.8. The van der Waals surface area contributed by atoms with Gasteiger partial charge in [0.25, 0.3) is 5.91 Å². The second-order valence-corrected chi connectivity index (χ2v) is 12.9. The second-order valence-electron chi connectivity index (χ2n) is 12.9. The van der Waals surface area contributed by atoms with Gasteiger partial charge in [-0.1, -0.05) is 0 Å². The molecule has 0 radical (unpaired) electrons. The highest BCUT2D eigenvalue weighted by Gasteiger charge is 2.30. The Morgan fingerprint density at radius 2 is 1.79 bits per heavy atom. The molecule has 5 heterocycles. The number of carbonyl (C=O) groups excluding carboxylic acids is 2. The highest BCUT2D eigenvalue weighted by atomic mass is 19.1. The molecule has 2 amide bonds. The molecule has 0 aliphatic carbocycles.